The van der Waals surface area contributed by atoms with Crippen LogP contribution < -0.4 is 5.32 Å². The van der Waals surface area contributed by atoms with Gasteiger partial charge in [-0.15, -0.1) is 0 Å². The maximum atomic E-state index is 6.47. The largest absolute Gasteiger partial charge is 0.309 e. The molecule has 1 atom stereocenters. The zero-order chi connectivity index (χ0) is 14.8. The molecule has 1 N–H and O–H groups in total. The lowest BCUT2D eigenvalue weighted by atomic mass is 9.94. The highest BCUT2D eigenvalue weighted by atomic mass is 79.9. The van der Waals surface area contributed by atoms with Crippen LogP contribution in [0.1, 0.15) is 17.2 Å². The smallest absolute Gasteiger partial charge is 0.0599 e. The Hall–Kier alpha value is -1.42. The quantitative estimate of drug-likeness (QED) is 0.713. The Morgan fingerprint density at radius 3 is 2.67 bits per heavy atom. The first-order chi connectivity index (χ1) is 10.2. The molecular formula is C17H14BrClN2. The minimum absolute atomic E-state index is 0.0288. The van der Waals surface area contributed by atoms with E-state index in [9.17, 15) is 0 Å². The van der Waals surface area contributed by atoms with Crippen LogP contribution in [0.3, 0.4) is 0 Å². The van der Waals surface area contributed by atoms with Crippen molar-refractivity contribution in [2.75, 3.05) is 7.05 Å². The Labute approximate surface area is 137 Å². The lowest BCUT2D eigenvalue weighted by Gasteiger charge is -2.21. The Bertz CT molecular complexity index is 783. The van der Waals surface area contributed by atoms with Gasteiger partial charge in [0.05, 0.1) is 11.1 Å². The van der Waals surface area contributed by atoms with Crippen molar-refractivity contribution in [3.63, 3.8) is 0 Å². The van der Waals surface area contributed by atoms with E-state index in [4.69, 9.17) is 11.6 Å². The third-order valence-corrected chi connectivity index (χ3v) is 4.92. The third-order valence-electron chi connectivity index (χ3n) is 3.61. The van der Waals surface area contributed by atoms with E-state index >= 15 is 0 Å². The van der Waals surface area contributed by atoms with Gasteiger partial charge < -0.3 is 5.32 Å². The van der Waals surface area contributed by atoms with Gasteiger partial charge in [0.25, 0.3) is 0 Å². The van der Waals surface area contributed by atoms with Crippen LogP contribution in [0.15, 0.2) is 59.3 Å². The Balaban J connectivity index is 2.21. The highest BCUT2D eigenvalue weighted by Gasteiger charge is 2.18. The minimum atomic E-state index is 0.0288. The Morgan fingerprint density at radius 2 is 1.86 bits per heavy atom. The molecule has 0 fully saturated rings. The number of halogens is 2. The highest BCUT2D eigenvalue weighted by molar-refractivity contribution is 9.10. The van der Waals surface area contributed by atoms with Crippen molar-refractivity contribution in [3.8, 4) is 0 Å². The van der Waals surface area contributed by atoms with Gasteiger partial charge in [-0.2, -0.15) is 0 Å². The summed E-state index contributed by atoms with van der Waals surface area (Å²) in [7, 11) is 1.95. The number of rotatable bonds is 3. The molecule has 0 aliphatic heterocycles. The second-order valence-corrected chi connectivity index (χ2v) is 6.04. The van der Waals surface area contributed by atoms with Gasteiger partial charge in [0, 0.05) is 22.3 Å². The van der Waals surface area contributed by atoms with Crippen LogP contribution in [0.25, 0.3) is 10.8 Å². The summed E-state index contributed by atoms with van der Waals surface area (Å²) in [5.74, 6) is 0. The third kappa shape index (κ3) is 2.69. The number of hydrogen-bond donors (Lipinski definition) is 1. The molecule has 3 aromatic rings. The van der Waals surface area contributed by atoms with Gasteiger partial charge in [-0.25, -0.2) is 0 Å². The molecule has 2 nitrogen and oxygen atoms in total. The fraction of sp³-hybridized carbons (Fsp3) is 0.118. The lowest BCUT2D eigenvalue weighted by molar-refractivity contribution is 0.696. The molecule has 4 heteroatoms. The summed E-state index contributed by atoms with van der Waals surface area (Å²) in [6, 6.07) is 14.3. The molecular weight excluding hydrogens is 348 g/mol. The summed E-state index contributed by atoms with van der Waals surface area (Å²) in [4.78, 5) is 4.19. The lowest BCUT2D eigenvalue weighted by Crippen LogP contribution is -2.18. The minimum Gasteiger partial charge on any atom is -0.309 e. The van der Waals surface area contributed by atoms with Crippen molar-refractivity contribution in [3.05, 3.63) is 75.5 Å². The number of hydrogen-bond acceptors (Lipinski definition) is 2. The van der Waals surface area contributed by atoms with Gasteiger partial charge in [0.1, 0.15) is 0 Å². The molecule has 1 unspecified atom stereocenters. The molecule has 106 valence electrons. The molecule has 0 amide bonds. The number of fused-ring (bicyclic) bond motifs is 1. The number of nitrogens with one attached hydrogen (secondary N) is 1. The van der Waals surface area contributed by atoms with Crippen molar-refractivity contribution in [1.29, 1.82) is 0 Å². The van der Waals surface area contributed by atoms with E-state index in [1.54, 1.807) is 0 Å². The average molecular weight is 362 g/mol. The normalized spacial score (nSPS) is 12.5. The zero-order valence-electron chi connectivity index (χ0n) is 11.5. The molecule has 3 rings (SSSR count). The first kappa shape index (κ1) is 14.5. The van der Waals surface area contributed by atoms with E-state index in [1.807, 2.05) is 43.7 Å². The maximum Gasteiger partial charge on any atom is 0.0599 e. The number of benzene rings is 2. The number of nitrogens with zero attached hydrogens (tertiary/aromatic N) is 1. The van der Waals surface area contributed by atoms with Crippen LogP contribution in [0.2, 0.25) is 5.02 Å². The van der Waals surface area contributed by atoms with E-state index in [-0.39, 0.29) is 6.04 Å². The van der Waals surface area contributed by atoms with Crippen LogP contribution in [0.4, 0.5) is 0 Å². The fourth-order valence-corrected chi connectivity index (χ4v) is 3.24. The second-order valence-electron chi connectivity index (χ2n) is 4.81. The van der Waals surface area contributed by atoms with Crippen LogP contribution in [-0.2, 0) is 0 Å². The molecule has 0 aliphatic rings. The monoisotopic (exact) mass is 360 g/mol. The van der Waals surface area contributed by atoms with E-state index in [0.717, 1.165) is 20.4 Å². The maximum absolute atomic E-state index is 6.47. The van der Waals surface area contributed by atoms with Gasteiger partial charge in [-0.05, 0) is 51.6 Å². The molecule has 0 spiro atoms. The highest BCUT2D eigenvalue weighted by Crippen LogP contribution is 2.35. The van der Waals surface area contributed by atoms with Crippen molar-refractivity contribution < 1.29 is 0 Å². The van der Waals surface area contributed by atoms with E-state index < -0.39 is 0 Å². The van der Waals surface area contributed by atoms with Crippen molar-refractivity contribution in [2.24, 2.45) is 0 Å². The van der Waals surface area contributed by atoms with Crippen LogP contribution in [0.5, 0.6) is 0 Å². The van der Waals surface area contributed by atoms with Crippen LogP contribution in [0, 0.1) is 0 Å². The molecule has 1 heterocycles. The Morgan fingerprint density at radius 1 is 1.10 bits per heavy atom. The zero-order valence-corrected chi connectivity index (χ0v) is 13.8. The predicted molar refractivity (Wildman–Crippen MR) is 91.8 cm³/mol. The van der Waals surface area contributed by atoms with E-state index in [2.05, 4.69) is 44.4 Å². The van der Waals surface area contributed by atoms with Gasteiger partial charge >= 0.3 is 0 Å². The summed E-state index contributed by atoms with van der Waals surface area (Å²) in [6.45, 7) is 0. The second kappa shape index (κ2) is 6.14. The summed E-state index contributed by atoms with van der Waals surface area (Å²) in [5, 5.41) is 6.42. The average Bonchev–Trinajstić information content (AvgIpc) is 2.52. The number of aromatic nitrogens is 1. The van der Waals surface area contributed by atoms with Gasteiger partial charge in [0.15, 0.2) is 0 Å². The summed E-state index contributed by atoms with van der Waals surface area (Å²) >= 11 is 9.96. The van der Waals surface area contributed by atoms with Crippen LogP contribution in [-0.4, -0.2) is 12.0 Å². The van der Waals surface area contributed by atoms with Crippen molar-refractivity contribution in [1.82, 2.24) is 10.3 Å². The number of pyridine rings is 1. The van der Waals surface area contributed by atoms with Gasteiger partial charge in [-0.3, -0.25) is 4.98 Å². The molecule has 0 aliphatic carbocycles. The summed E-state index contributed by atoms with van der Waals surface area (Å²) < 4.78 is 0.906. The van der Waals surface area contributed by atoms with E-state index in [0.29, 0.717) is 0 Å². The molecule has 0 radical (unpaired) electrons. The Kier molecular flexibility index (Phi) is 4.24. The summed E-state index contributed by atoms with van der Waals surface area (Å²) in [6.07, 6.45) is 3.70. The molecule has 0 bridgehead atoms. The topological polar surface area (TPSA) is 24.9 Å². The van der Waals surface area contributed by atoms with Crippen molar-refractivity contribution >= 4 is 38.3 Å². The fourth-order valence-electron chi connectivity index (χ4n) is 2.62. The first-order valence-electron chi connectivity index (χ1n) is 6.66. The van der Waals surface area contributed by atoms with Crippen LogP contribution >= 0.6 is 27.5 Å². The SMILES string of the molecule is CNC(c1cccc(Br)c1Cl)c1cccc2cnccc12. The first-order valence-corrected chi connectivity index (χ1v) is 7.83. The standard InChI is InChI=1S/C17H14BrClN2/c1-20-17(14-6-3-7-15(18)16(14)19)13-5-2-4-11-10-21-9-8-12(11)13/h2-10,17,20H,1H3. The van der Waals surface area contributed by atoms with Gasteiger partial charge in [0.2, 0.25) is 0 Å². The molecule has 21 heavy (non-hydrogen) atoms. The molecule has 0 saturated heterocycles. The summed E-state index contributed by atoms with van der Waals surface area (Å²) in [5.41, 5.74) is 2.25. The molecule has 1 aromatic heterocycles. The molecule has 2 aromatic carbocycles. The predicted octanol–water partition coefficient (Wildman–Crippen LogP) is 4.96. The van der Waals surface area contributed by atoms with Crippen molar-refractivity contribution in [2.45, 2.75) is 6.04 Å². The molecule has 0 saturated carbocycles. The van der Waals surface area contributed by atoms with E-state index in [1.165, 1.54) is 10.9 Å². The van der Waals surface area contributed by atoms with Gasteiger partial charge in [-0.1, -0.05) is 41.9 Å².